The van der Waals surface area contributed by atoms with Crippen molar-refractivity contribution in [2.75, 3.05) is 13.6 Å². The predicted octanol–water partition coefficient (Wildman–Crippen LogP) is 3.34. The van der Waals surface area contributed by atoms with E-state index in [9.17, 15) is 4.79 Å². The predicted molar refractivity (Wildman–Crippen MR) is 92.0 cm³/mol. The van der Waals surface area contributed by atoms with E-state index in [1.807, 2.05) is 48.5 Å². The summed E-state index contributed by atoms with van der Waals surface area (Å²) >= 11 is 1.54. The maximum absolute atomic E-state index is 12.6. The molecule has 0 spiro atoms. The van der Waals surface area contributed by atoms with Crippen molar-refractivity contribution < 1.29 is 4.79 Å². The van der Waals surface area contributed by atoms with Crippen LogP contribution in [-0.4, -0.2) is 30.4 Å². The lowest BCUT2D eigenvalue weighted by molar-refractivity contribution is 0.0558. The summed E-state index contributed by atoms with van der Waals surface area (Å²) in [6.45, 7) is 0.714. The van der Waals surface area contributed by atoms with Crippen molar-refractivity contribution in [1.82, 2.24) is 10.2 Å². The molecule has 0 saturated heterocycles. The Morgan fingerprint density at radius 2 is 2.04 bits per heavy atom. The summed E-state index contributed by atoms with van der Waals surface area (Å²) < 4.78 is 0. The molecule has 0 bridgehead atoms. The van der Waals surface area contributed by atoms with Gasteiger partial charge in [0.1, 0.15) is 0 Å². The van der Waals surface area contributed by atoms with Crippen molar-refractivity contribution in [3.63, 3.8) is 0 Å². The Hall–Kier alpha value is -2.32. The van der Waals surface area contributed by atoms with Gasteiger partial charge >= 0.3 is 0 Å². The molecule has 1 aliphatic rings. The molecule has 1 aliphatic carbocycles. The van der Waals surface area contributed by atoms with Crippen LogP contribution in [0.15, 0.2) is 42.5 Å². The molecule has 1 N–H and O–H groups in total. The lowest BCUT2D eigenvalue weighted by Gasteiger charge is -2.40. The van der Waals surface area contributed by atoms with Crippen LogP contribution in [0.25, 0.3) is 10.4 Å². The number of hydrogen-bond donors (Lipinski definition) is 1. The van der Waals surface area contributed by atoms with E-state index in [1.54, 1.807) is 11.3 Å². The smallest absolute Gasteiger partial charge is 0.263 e. The van der Waals surface area contributed by atoms with Gasteiger partial charge in [-0.05, 0) is 36.5 Å². The largest absolute Gasteiger partial charge is 0.338 e. The summed E-state index contributed by atoms with van der Waals surface area (Å²) in [5.74, 6) is 0.590. The fraction of sp³-hybridized carbons (Fsp3) is 0.333. The van der Waals surface area contributed by atoms with Gasteiger partial charge in [-0.1, -0.05) is 30.3 Å². The van der Waals surface area contributed by atoms with Crippen LogP contribution >= 0.6 is 11.3 Å². The zero-order valence-corrected chi connectivity index (χ0v) is 13.8. The Morgan fingerprint density at radius 3 is 2.74 bits per heavy atom. The van der Waals surface area contributed by atoms with Gasteiger partial charge < -0.3 is 10.2 Å². The van der Waals surface area contributed by atoms with E-state index in [4.69, 9.17) is 5.26 Å². The molecule has 1 amide bonds. The number of nitriles is 1. The molecule has 0 atom stereocenters. The Bertz CT molecular complexity index is 713. The van der Waals surface area contributed by atoms with Gasteiger partial charge in [0.05, 0.1) is 4.88 Å². The van der Waals surface area contributed by atoms with Crippen molar-refractivity contribution in [2.24, 2.45) is 5.92 Å². The van der Waals surface area contributed by atoms with Crippen LogP contribution in [-0.2, 0) is 0 Å². The molecule has 23 heavy (non-hydrogen) atoms. The molecule has 0 unspecified atom stereocenters. The van der Waals surface area contributed by atoms with Crippen molar-refractivity contribution in [3.8, 4) is 16.6 Å². The number of rotatable bonds is 5. The van der Waals surface area contributed by atoms with Crippen LogP contribution in [0.5, 0.6) is 0 Å². The van der Waals surface area contributed by atoms with Gasteiger partial charge in [-0.3, -0.25) is 4.79 Å². The van der Waals surface area contributed by atoms with Crippen LogP contribution in [0.4, 0.5) is 0 Å². The molecule has 118 valence electrons. The van der Waals surface area contributed by atoms with Crippen molar-refractivity contribution >= 4 is 17.2 Å². The SMILES string of the molecule is CN(C(=O)c1ccc(-c2ccccc2)s1)[C@H]1C[C@H](CNC#N)C1. The number of hydrogen-bond acceptors (Lipinski definition) is 4. The first-order valence-corrected chi connectivity index (χ1v) is 8.55. The minimum atomic E-state index is 0.0915. The van der Waals surface area contributed by atoms with E-state index in [0.717, 1.165) is 28.2 Å². The highest BCUT2D eigenvalue weighted by molar-refractivity contribution is 7.17. The molecular weight excluding hydrogens is 306 g/mol. The van der Waals surface area contributed by atoms with Gasteiger partial charge in [0, 0.05) is 24.5 Å². The number of thiophene rings is 1. The van der Waals surface area contributed by atoms with Gasteiger partial charge in [0.25, 0.3) is 5.91 Å². The monoisotopic (exact) mass is 325 g/mol. The fourth-order valence-corrected chi connectivity index (χ4v) is 3.92. The van der Waals surface area contributed by atoms with E-state index in [-0.39, 0.29) is 11.9 Å². The molecule has 1 fully saturated rings. The molecular formula is C18H19N3OS. The van der Waals surface area contributed by atoms with Crippen LogP contribution in [0.2, 0.25) is 0 Å². The normalized spacial score (nSPS) is 19.5. The first kappa shape index (κ1) is 15.6. The number of nitrogens with zero attached hydrogens (tertiary/aromatic N) is 2. The maximum Gasteiger partial charge on any atom is 0.263 e. The Labute approximate surface area is 140 Å². The molecule has 3 rings (SSSR count). The number of amides is 1. The van der Waals surface area contributed by atoms with Crippen LogP contribution in [0.1, 0.15) is 22.5 Å². The second kappa shape index (κ2) is 6.84. The third kappa shape index (κ3) is 3.38. The third-order valence-electron chi connectivity index (χ3n) is 4.42. The van der Waals surface area contributed by atoms with Gasteiger partial charge in [0.15, 0.2) is 6.19 Å². The molecule has 1 saturated carbocycles. The summed E-state index contributed by atoms with van der Waals surface area (Å²) in [7, 11) is 1.88. The number of nitrogens with one attached hydrogen (secondary N) is 1. The summed E-state index contributed by atoms with van der Waals surface area (Å²) in [5, 5.41) is 11.2. The number of benzene rings is 1. The molecule has 1 aromatic heterocycles. The van der Waals surface area contributed by atoms with E-state index >= 15 is 0 Å². The van der Waals surface area contributed by atoms with Crippen LogP contribution < -0.4 is 5.32 Å². The summed E-state index contributed by atoms with van der Waals surface area (Å²) in [6.07, 6.45) is 3.88. The molecule has 1 aromatic carbocycles. The Balaban J connectivity index is 1.61. The zero-order chi connectivity index (χ0) is 16.2. The molecule has 0 aliphatic heterocycles. The second-order valence-corrected chi connectivity index (χ2v) is 7.01. The average molecular weight is 325 g/mol. The van der Waals surface area contributed by atoms with Gasteiger partial charge in [-0.2, -0.15) is 5.26 Å². The lowest BCUT2D eigenvalue weighted by Crippen LogP contribution is -2.47. The fourth-order valence-electron chi connectivity index (χ4n) is 2.92. The second-order valence-electron chi connectivity index (χ2n) is 5.93. The molecule has 0 radical (unpaired) electrons. The Morgan fingerprint density at radius 1 is 1.30 bits per heavy atom. The minimum absolute atomic E-state index is 0.0915. The van der Waals surface area contributed by atoms with Crippen LogP contribution in [0, 0.1) is 17.4 Å². The van der Waals surface area contributed by atoms with Crippen molar-refractivity contribution in [1.29, 1.82) is 5.26 Å². The third-order valence-corrected chi connectivity index (χ3v) is 5.55. The van der Waals surface area contributed by atoms with E-state index in [0.29, 0.717) is 12.5 Å². The van der Waals surface area contributed by atoms with Gasteiger partial charge in [-0.25, -0.2) is 0 Å². The highest BCUT2D eigenvalue weighted by atomic mass is 32.1. The highest BCUT2D eigenvalue weighted by Gasteiger charge is 2.34. The van der Waals surface area contributed by atoms with Gasteiger partial charge in [0.2, 0.25) is 0 Å². The van der Waals surface area contributed by atoms with Crippen LogP contribution in [0.3, 0.4) is 0 Å². The van der Waals surface area contributed by atoms with E-state index in [1.165, 1.54) is 0 Å². The molecule has 4 nitrogen and oxygen atoms in total. The lowest BCUT2D eigenvalue weighted by atomic mass is 9.79. The minimum Gasteiger partial charge on any atom is -0.338 e. The van der Waals surface area contributed by atoms with E-state index < -0.39 is 0 Å². The quantitative estimate of drug-likeness (QED) is 0.677. The summed E-state index contributed by atoms with van der Waals surface area (Å²) in [5.41, 5.74) is 1.14. The molecule has 2 aromatic rings. The highest BCUT2D eigenvalue weighted by Crippen LogP contribution is 2.33. The Kier molecular flexibility index (Phi) is 4.63. The zero-order valence-electron chi connectivity index (χ0n) is 13.0. The van der Waals surface area contributed by atoms with Crippen molar-refractivity contribution in [3.05, 3.63) is 47.3 Å². The standard InChI is InChI=1S/C18H19N3OS/c1-21(15-9-13(10-15)11-20-12-19)18(22)17-8-7-16(23-17)14-5-3-2-4-6-14/h2-8,13,15,20H,9-11H2,1H3/t13-,15-. The average Bonchev–Trinajstić information content (AvgIpc) is 3.03. The summed E-state index contributed by atoms with van der Waals surface area (Å²) in [4.78, 5) is 16.4. The first-order valence-electron chi connectivity index (χ1n) is 7.73. The molecule has 1 heterocycles. The topological polar surface area (TPSA) is 56.1 Å². The first-order chi connectivity index (χ1) is 11.2. The van der Waals surface area contributed by atoms with E-state index in [2.05, 4.69) is 17.4 Å². The maximum atomic E-state index is 12.6. The summed E-state index contributed by atoms with van der Waals surface area (Å²) in [6, 6.07) is 14.3. The number of carbonyl (C=O) groups is 1. The number of carbonyl (C=O) groups excluding carboxylic acids is 1. The van der Waals surface area contributed by atoms with Gasteiger partial charge in [-0.15, -0.1) is 11.3 Å². The van der Waals surface area contributed by atoms with Crippen molar-refractivity contribution in [2.45, 2.75) is 18.9 Å². The molecule has 5 heteroatoms.